The zero-order chi connectivity index (χ0) is 16.4. The van der Waals surface area contributed by atoms with Gasteiger partial charge in [-0.05, 0) is 39.3 Å². The van der Waals surface area contributed by atoms with Crippen molar-refractivity contribution >= 4 is 27.6 Å². The standard InChI is InChI=1S/C17H22N2O3S/c1-17(2,3)22-16(20)19-9-8-12(10-19)11-21-15-18-13-6-4-5-7-14(13)23-15/h4-7,12H,8-11H2,1-3H3/t12-/m0/s1. The summed E-state index contributed by atoms with van der Waals surface area (Å²) in [7, 11) is 0. The van der Waals surface area contributed by atoms with Crippen LogP contribution in [0, 0.1) is 5.92 Å². The number of amides is 1. The van der Waals surface area contributed by atoms with Crippen molar-refractivity contribution < 1.29 is 14.3 Å². The second kappa shape index (κ2) is 6.35. The minimum atomic E-state index is -0.452. The molecule has 1 atom stereocenters. The number of likely N-dealkylation sites (tertiary alicyclic amines) is 1. The molecule has 5 nitrogen and oxygen atoms in total. The molecule has 0 bridgehead atoms. The number of hydrogen-bond acceptors (Lipinski definition) is 5. The van der Waals surface area contributed by atoms with Gasteiger partial charge in [0.15, 0.2) is 0 Å². The molecule has 1 saturated heterocycles. The van der Waals surface area contributed by atoms with Gasteiger partial charge in [0.1, 0.15) is 5.60 Å². The molecule has 1 aromatic carbocycles. The van der Waals surface area contributed by atoms with Crippen LogP contribution >= 0.6 is 11.3 Å². The molecule has 1 aliphatic heterocycles. The molecule has 1 fully saturated rings. The number of benzene rings is 1. The smallest absolute Gasteiger partial charge is 0.410 e. The highest BCUT2D eigenvalue weighted by Gasteiger charge is 2.30. The van der Waals surface area contributed by atoms with Gasteiger partial charge in [-0.15, -0.1) is 0 Å². The van der Waals surface area contributed by atoms with Crippen LogP contribution in [0.2, 0.25) is 0 Å². The van der Waals surface area contributed by atoms with Crippen molar-refractivity contribution in [3.8, 4) is 5.19 Å². The van der Waals surface area contributed by atoms with Crippen LogP contribution in [-0.2, 0) is 4.74 Å². The van der Waals surface area contributed by atoms with Crippen LogP contribution in [0.1, 0.15) is 27.2 Å². The Bertz CT molecular complexity index is 659. The Hall–Kier alpha value is -1.82. The molecule has 0 spiro atoms. The van der Waals surface area contributed by atoms with E-state index in [-0.39, 0.29) is 6.09 Å². The fraction of sp³-hybridized carbons (Fsp3) is 0.529. The molecular formula is C17H22N2O3S. The fourth-order valence-electron chi connectivity index (χ4n) is 2.56. The molecule has 0 N–H and O–H groups in total. The Labute approximate surface area is 140 Å². The number of fused-ring (bicyclic) bond motifs is 1. The van der Waals surface area contributed by atoms with E-state index < -0.39 is 5.60 Å². The van der Waals surface area contributed by atoms with Crippen molar-refractivity contribution in [2.75, 3.05) is 19.7 Å². The summed E-state index contributed by atoms with van der Waals surface area (Å²) < 4.78 is 12.4. The first-order valence-corrected chi connectivity index (χ1v) is 8.69. The van der Waals surface area contributed by atoms with E-state index in [0.29, 0.717) is 24.3 Å². The lowest BCUT2D eigenvalue weighted by Gasteiger charge is -2.24. The average Bonchev–Trinajstić information content (AvgIpc) is 3.09. The number of thiazole rings is 1. The largest absolute Gasteiger partial charge is 0.470 e. The van der Waals surface area contributed by atoms with E-state index in [2.05, 4.69) is 4.98 Å². The van der Waals surface area contributed by atoms with Gasteiger partial charge in [-0.25, -0.2) is 9.78 Å². The number of ether oxygens (including phenoxy) is 2. The summed E-state index contributed by atoms with van der Waals surface area (Å²) in [6.45, 7) is 7.64. The third-order valence-corrected chi connectivity index (χ3v) is 4.60. The van der Waals surface area contributed by atoms with E-state index in [4.69, 9.17) is 9.47 Å². The average molecular weight is 334 g/mol. The monoisotopic (exact) mass is 334 g/mol. The second-order valence-corrected chi connectivity index (χ2v) is 7.83. The highest BCUT2D eigenvalue weighted by atomic mass is 32.1. The molecule has 2 heterocycles. The summed E-state index contributed by atoms with van der Waals surface area (Å²) in [6, 6.07) is 8.00. The maximum atomic E-state index is 12.1. The van der Waals surface area contributed by atoms with Crippen LogP contribution in [-0.4, -0.2) is 41.3 Å². The molecule has 1 aromatic heterocycles. The van der Waals surface area contributed by atoms with Gasteiger partial charge < -0.3 is 14.4 Å². The summed E-state index contributed by atoms with van der Waals surface area (Å²) in [6.07, 6.45) is 0.699. The topological polar surface area (TPSA) is 51.7 Å². The lowest BCUT2D eigenvalue weighted by molar-refractivity contribution is 0.0285. The SMILES string of the molecule is CC(C)(C)OC(=O)N1CC[C@H](COc2nc3ccccc3s2)C1. The van der Waals surface area contributed by atoms with Gasteiger partial charge in [0.05, 0.1) is 16.8 Å². The minimum Gasteiger partial charge on any atom is -0.470 e. The van der Waals surface area contributed by atoms with Gasteiger partial charge in [0, 0.05) is 19.0 Å². The first-order chi connectivity index (χ1) is 10.9. The van der Waals surface area contributed by atoms with Crippen LogP contribution in [0.4, 0.5) is 4.79 Å². The zero-order valence-electron chi connectivity index (χ0n) is 13.7. The van der Waals surface area contributed by atoms with Gasteiger partial charge in [-0.1, -0.05) is 23.5 Å². The molecular weight excluding hydrogens is 312 g/mol. The molecule has 0 aliphatic carbocycles. The van der Waals surface area contributed by atoms with E-state index in [1.54, 1.807) is 16.2 Å². The van der Waals surface area contributed by atoms with Gasteiger partial charge in [-0.2, -0.15) is 0 Å². The number of carbonyl (C=O) groups is 1. The molecule has 1 amide bonds. The van der Waals surface area contributed by atoms with E-state index >= 15 is 0 Å². The van der Waals surface area contributed by atoms with Crippen molar-refractivity contribution in [1.29, 1.82) is 0 Å². The van der Waals surface area contributed by atoms with Gasteiger partial charge in [-0.3, -0.25) is 0 Å². The molecule has 23 heavy (non-hydrogen) atoms. The number of hydrogen-bond donors (Lipinski definition) is 0. The Kier molecular flexibility index (Phi) is 4.43. The predicted molar refractivity (Wildman–Crippen MR) is 91.0 cm³/mol. The Morgan fingerprint density at radius 1 is 1.39 bits per heavy atom. The molecule has 0 unspecified atom stereocenters. The van der Waals surface area contributed by atoms with Gasteiger partial charge in [0.2, 0.25) is 0 Å². The number of carbonyl (C=O) groups excluding carboxylic acids is 1. The Morgan fingerprint density at radius 2 is 2.17 bits per heavy atom. The number of para-hydroxylation sites is 1. The second-order valence-electron chi connectivity index (χ2n) is 6.84. The van der Waals surface area contributed by atoms with Crippen LogP contribution in [0.5, 0.6) is 5.19 Å². The quantitative estimate of drug-likeness (QED) is 0.853. The minimum absolute atomic E-state index is 0.236. The summed E-state index contributed by atoms with van der Waals surface area (Å²) in [4.78, 5) is 18.3. The van der Waals surface area contributed by atoms with Crippen LogP contribution in [0.3, 0.4) is 0 Å². The summed E-state index contributed by atoms with van der Waals surface area (Å²) in [5.41, 5.74) is 0.515. The zero-order valence-corrected chi connectivity index (χ0v) is 14.6. The highest BCUT2D eigenvalue weighted by molar-refractivity contribution is 7.20. The summed E-state index contributed by atoms with van der Waals surface area (Å²) in [5, 5.41) is 0.696. The third kappa shape index (κ3) is 4.13. The molecule has 2 aromatic rings. The molecule has 6 heteroatoms. The molecule has 1 aliphatic rings. The normalized spacial score (nSPS) is 18.4. The fourth-order valence-corrected chi connectivity index (χ4v) is 3.39. The Morgan fingerprint density at radius 3 is 2.91 bits per heavy atom. The van der Waals surface area contributed by atoms with Crippen LogP contribution in [0.25, 0.3) is 10.2 Å². The van der Waals surface area contributed by atoms with Gasteiger partial charge >= 0.3 is 6.09 Å². The number of rotatable bonds is 3. The first-order valence-electron chi connectivity index (χ1n) is 7.87. The third-order valence-electron chi connectivity index (χ3n) is 3.65. The maximum Gasteiger partial charge on any atom is 0.410 e. The van der Waals surface area contributed by atoms with Crippen molar-refractivity contribution in [1.82, 2.24) is 9.88 Å². The van der Waals surface area contributed by atoms with Crippen LogP contribution in [0.15, 0.2) is 24.3 Å². The maximum absolute atomic E-state index is 12.1. The number of nitrogens with zero attached hydrogens (tertiary/aromatic N) is 2. The van der Waals surface area contributed by atoms with Crippen molar-refractivity contribution in [2.24, 2.45) is 5.92 Å². The van der Waals surface area contributed by atoms with Gasteiger partial charge in [0.25, 0.3) is 5.19 Å². The van der Waals surface area contributed by atoms with Crippen LogP contribution < -0.4 is 4.74 Å². The van der Waals surface area contributed by atoms with E-state index in [9.17, 15) is 4.79 Å². The molecule has 124 valence electrons. The molecule has 0 saturated carbocycles. The predicted octanol–water partition coefficient (Wildman–Crippen LogP) is 3.93. The lowest BCUT2D eigenvalue weighted by Crippen LogP contribution is -2.35. The molecule has 3 rings (SSSR count). The summed E-state index contributed by atoms with van der Waals surface area (Å²) >= 11 is 1.56. The van der Waals surface area contributed by atoms with E-state index in [1.807, 2.05) is 45.0 Å². The first kappa shape index (κ1) is 16.1. The van der Waals surface area contributed by atoms with Crippen molar-refractivity contribution in [2.45, 2.75) is 32.8 Å². The van der Waals surface area contributed by atoms with E-state index in [1.165, 1.54) is 0 Å². The number of aromatic nitrogens is 1. The highest BCUT2D eigenvalue weighted by Crippen LogP contribution is 2.28. The summed E-state index contributed by atoms with van der Waals surface area (Å²) in [5.74, 6) is 0.328. The van der Waals surface area contributed by atoms with Crippen molar-refractivity contribution in [3.63, 3.8) is 0 Å². The van der Waals surface area contributed by atoms with Crippen molar-refractivity contribution in [3.05, 3.63) is 24.3 Å². The lowest BCUT2D eigenvalue weighted by atomic mass is 10.1. The van der Waals surface area contributed by atoms with E-state index in [0.717, 1.165) is 23.2 Å². The Balaban J connectivity index is 1.51. The molecule has 0 radical (unpaired) electrons.